The monoisotopic (exact) mass is 147 g/mol. The minimum absolute atomic E-state index is 0. The van der Waals surface area contributed by atoms with Crippen molar-refractivity contribution in [2.24, 2.45) is 5.73 Å². The predicted molar refractivity (Wildman–Crippen MR) is 19.0 cm³/mol. The summed E-state index contributed by atoms with van der Waals surface area (Å²) >= 11 is 0. The van der Waals surface area contributed by atoms with E-state index in [1.165, 1.54) is 0 Å². The quantitative estimate of drug-likeness (QED) is 0.485. The molecule has 0 bridgehead atoms. The van der Waals surface area contributed by atoms with Crippen molar-refractivity contribution in [3.8, 4) is 0 Å². The van der Waals surface area contributed by atoms with Crippen LogP contribution in [-0.4, -0.2) is 6.04 Å². The van der Waals surface area contributed by atoms with Gasteiger partial charge >= 0.3 is 0 Å². The van der Waals surface area contributed by atoms with Crippen molar-refractivity contribution in [3.63, 3.8) is 0 Å². The van der Waals surface area contributed by atoms with E-state index in [9.17, 15) is 0 Å². The largest absolute Gasteiger partial charge is 0.357 e. The molecule has 0 aromatic carbocycles. The molecule has 0 saturated heterocycles. The molecular weight excluding hydrogens is 139 g/mol. The van der Waals surface area contributed by atoms with Gasteiger partial charge in [0.1, 0.15) is 0 Å². The van der Waals surface area contributed by atoms with Gasteiger partial charge in [-0.05, 0) is 0 Å². The first-order valence-electron chi connectivity index (χ1n) is 1.32. The van der Waals surface area contributed by atoms with Crippen LogP contribution in [0.5, 0.6) is 0 Å². The standard InChI is InChI=1S/C3H8N.Y/c1-3(2)4;/h3H,1,4H2,2H3;/q-1;. The molecule has 0 aliphatic heterocycles. The first kappa shape index (κ1) is 9.42. The van der Waals surface area contributed by atoms with E-state index in [1.54, 1.807) is 0 Å². The molecule has 1 nitrogen and oxygen atoms in total. The van der Waals surface area contributed by atoms with Crippen LogP contribution in [0.4, 0.5) is 0 Å². The summed E-state index contributed by atoms with van der Waals surface area (Å²) in [5.74, 6) is 0. The third-order valence-corrected chi connectivity index (χ3v) is 0. The van der Waals surface area contributed by atoms with Gasteiger partial charge in [0.05, 0.1) is 0 Å². The summed E-state index contributed by atoms with van der Waals surface area (Å²) in [5.41, 5.74) is 5.00. The van der Waals surface area contributed by atoms with Crippen molar-refractivity contribution in [3.05, 3.63) is 6.92 Å². The number of nitrogens with two attached hydrogens (primary N) is 1. The molecule has 0 fully saturated rings. The first-order chi connectivity index (χ1) is 1.73. The summed E-state index contributed by atoms with van der Waals surface area (Å²) in [6, 6.07) is 0.0833. The fraction of sp³-hybridized carbons (Fsp3) is 0.667. The van der Waals surface area contributed by atoms with Crippen LogP contribution in [0.3, 0.4) is 0 Å². The zero-order chi connectivity index (χ0) is 3.58. The van der Waals surface area contributed by atoms with E-state index in [0.717, 1.165) is 0 Å². The fourth-order valence-corrected chi connectivity index (χ4v) is 0. The van der Waals surface area contributed by atoms with Crippen molar-refractivity contribution < 1.29 is 32.7 Å². The van der Waals surface area contributed by atoms with E-state index in [-0.39, 0.29) is 38.8 Å². The van der Waals surface area contributed by atoms with Gasteiger partial charge in [0, 0.05) is 32.7 Å². The fourth-order valence-electron chi connectivity index (χ4n) is 0. The number of rotatable bonds is 0. The van der Waals surface area contributed by atoms with Crippen LogP contribution in [0.2, 0.25) is 0 Å². The Labute approximate surface area is 58.2 Å². The van der Waals surface area contributed by atoms with Gasteiger partial charge < -0.3 is 12.7 Å². The van der Waals surface area contributed by atoms with Gasteiger partial charge in [0.25, 0.3) is 0 Å². The molecule has 0 amide bonds. The molecule has 0 heterocycles. The van der Waals surface area contributed by atoms with Crippen molar-refractivity contribution in [1.82, 2.24) is 0 Å². The number of hydrogen-bond acceptors (Lipinski definition) is 1. The van der Waals surface area contributed by atoms with E-state index < -0.39 is 0 Å². The van der Waals surface area contributed by atoms with Gasteiger partial charge in [0.15, 0.2) is 0 Å². The van der Waals surface area contributed by atoms with E-state index in [0.29, 0.717) is 0 Å². The molecule has 2 heteroatoms. The Kier molecular flexibility index (Phi) is 9.54. The molecule has 5 heavy (non-hydrogen) atoms. The Morgan fingerprint density at radius 2 is 1.80 bits per heavy atom. The summed E-state index contributed by atoms with van der Waals surface area (Å²) < 4.78 is 0. The second-order valence-electron chi connectivity index (χ2n) is 0.977. The van der Waals surface area contributed by atoms with Gasteiger partial charge in [-0.2, -0.15) is 0 Å². The average Bonchev–Trinajstić information content (AvgIpc) is 0.811. The molecule has 0 aliphatic carbocycles. The minimum Gasteiger partial charge on any atom is -0.357 e. The van der Waals surface area contributed by atoms with Crippen LogP contribution in [-0.2, 0) is 32.7 Å². The topological polar surface area (TPSA) is 26.0 Å². The van der Waals surface area contributed by atoms with Gasteiger partial charge in [-0.1, -0.05) is 6.92 Å². The van der Waals surface area contributed by atoms with Crippen molar-refractivity contribution >= 4 is 0 Å². The molecular formula is C3H8NY-. The SMILES string of the molecule is [CH2-]C(C)N.[Y]. The molecule has 0 spiro atoms. The van der Waals surface area contributed by atoms with Crippen LogP contribution >= 0.6 is 0 Å². The van der Waals surface area contributed by atoms with Crippen LogP contribution in [0.25, 0.3) is 0 Å². The average molecular weight is 147 g/mol. The zero-order valence-electron chi connectivity index (χ0n) is 3.44. The van der Waals surface area contributed by atoms with Crippen molar-refractivity contribution in [1.29, 1.82) is 0 Å². The van der Waals surface area contributed by atoms with E-state index >= 15 is 0 Å². The molecule has 1 atom stereocenters. The second kappa shape index (κ2) is 5.06. The summed E-state index contributed by atoms with van der Waals surface area (Å²) in [6.07, 6.45) is 0. The zero-order valence-corrected chi connectivity index (χ0v) is 6.28. The van der Waals surface area contributed by atoms with Gasteiger partial charge in [-0.25, -0.2) is 0 Å². The maximum absolute atomic E-state index is 5.00. The molecule has 0 rings (SSSR count). The Bertz CT molecular complexity index is 11.6. The Morgan fingerprint density at radius 1 is 1.80 bits per heavy atom. The Hall–Kier alpha value is 1.06. The second-order valence-corrected chi connectivity index (χ2v) is 0.977. The molecule has 0 aliphatic rings. The van der Waals surface area contributed by atoms with Crippen LogP contribution < -0.4 is 5.73 Å². The van der Waals surface area contributed by atoms with Gasteiger partial charge in [-0.15, -0.1) is 6.04 Å². The Balaban J connectivity index is 0. The Morgan fingerprint density at radius 3 is 1.80 bits per heavy atom. The molecule has 1 radical (unpaired) electrons. The third-order valence-electron chi connectivity index (χ3n) is 0. The van der Waals surface area contributed by atoms with Crippen molar-refractivity contribution in [2.75, 3.05) is 0 Å². The molecule has 1 unspecified atom stereocenters. The molecule has 0 saturated carbocycles. The summed E-state index contributed by atoms with van der Waals surface area (Å²) in [5, 5.41) is 0. The van der Waals surface area contributed by atoms with Crippen LogP contribution in [0.15, 0.2) is 0 Å². The smallest absolute Gasteiger partial charge is 0 e. The van der Waals surface area contributed by atoms with Gasteiger partial charge in [0.2, 0.25) is 0 Å². The van der Waals surface area contributed by atoms with Crippen LogP contribution in [0.1, 0.15) is 6.92 Å². The third kappa shape index (κ3) is 42.0. The predicted octanol–water partition coefficient (Wildman–Crippen LogP) is 0.165. The van der Waals surface area contributed by atoms with E-state index in [4.69, 9.17) is 5.73 Å². The van der Waals surface area contributed by atoms with E-state index in [1.807, 2.05) is 6.92 Å². The normalized spacial score (nSPS) is 12.6. The molecule has 0 aromatic rings. The van der Waals surface area contributed by atoms with Gasteiger partial charge in [-0.3, -0.25) is 0 Å². The maximum atomic E-state index is 5.00. The summed E-state index contributed by atoms with van der Waals surface area (Å²) in [6.45, 7) is 5.25. The summed E-state index contributed by atoms with van der Waals surface area (Å²) in [4.78, 5) is 0. The summed E-state index contributed by atoms with van der Waals surface area (Å²) in [7, 11) is 0. The van der Waals surface area contributed by atoms with Crippen LogP contribution in [0, 0.1) is 6.92 Å². The molecule has 0 aromatic heterocycles. The maximum Gasteiger partial charge on any atom is 0 e. The number of hydrogen-bond donors (Lipinski definition) is 1. The van der Waals surface area contributed by atoms with Crippen molar-refractivity contribution in [2.45, 2.75) is 13.0 Å². The molecule has 29 valence electrons. The first-order valence-corrected chi connectivity index (χ1v) is 1.32. The molecule has 2 N–H and O–H groups in total. The van der Waals surface area contributed by atoms with E-state index in [2.05, 4.69) is 6.92 Å². The minimum atomic E-state index is 0.